The van der Waals surface area contributed by atoms with Gasteiger partial charge in [-0.05, 0) is 48.9 Å². The zero-order valence-electron chi connectivity index (χ0n) is 18.9. The number of carbonyl (C=O) groups excluding carboxylic acids is 1. The summed E-state index contributed by atoms with van der Waals surface area (Å²) in [5.41, 5.74) is 2.48. The van der Waals surface area contributed by atoms with Gasteiger partial charge in [0.25, 0.3) is 5.91 Å². The molecule has 0 radical (unpaired) electrons. The molecule has 1 aliphatic heterocycles. The van der Waals surface area contributed by atoms with E-state index in [9.17, 15) is 9.18 Å². The lowest BCUT2D eigenvalue weighted by molar-refractivity contribution is 0.103. The lowest BCUT2D eigenvalue weighted by Crippen LogP contribution is -2.47. The highest BCUT2D eigenvalue weighted by atomic mass is 32.1. The third-order valence-corrected chi connectivity index (χ3v) is 7.22. The van der Waals surface area contributed by atoms with Gasteiger partial charge in [0.1, 0.15) is 28.5 Å². The molecule has 34 heavy (non-hydrogen) atoms. The van der Waals surface area contributed by atoms with Crippen molar-refractivity contribution >= 4 is 44.7 Å². The summed E-state index contributed by atoms with van der Waals surface area (Å²) in [7, 11) is 1.69. The molecular formula is C25H24FN5O2S. The second-order valence-corrected chi connectivity index (χ2v) is 9.04. The highest BCUT2D eigenvalue weighted by Crippen LogP contribution is 2.36. The Kier molecular flexibility index (Phi) is 6.02. The Labute approximate surface area is 200 Å². The molecule has 0 bridgehead atoms. The molecule has 0 aliphatic carbocycles. The molecule has 3 heterocycles. The Morgan fingerprint density at radius 3 is 2.47 bits per heavy atom. The Morgan fingerprint density at radius 1 is 1.03 bits per heavy atom. The smallest absolute Gasteiger partial charge is 0.266 e. The average molecular weight is 478 g/mol. The molecule has 1 N–H and O–H groups in total. The van der Waals surface area contributed by atoms with Crippen LogP contribution < -0.4 is 19.9 Å². The number of aromatic nitrogens is 2. The number of fused-ring (bicyclic) bond motifs is 1. The molecule has 2 aromatic heterocycles. The standard InChI is InChI=1S/C25H24FN5O2S/c1-16-21-23(31-13-11-30(12-14-31)19-5-3-4-6-20(19)33-2)27-15-28-25(21)34-22(16)24(32)29-18-9-7-17(26)8-10-18/h3-10,15H,11-14H2,1-2H3,(H,29,32). The monoisotopic (exact) mass is 477 g/mol. The third-order valence-electron chi connectivity index (χ3n) is 6.02. The van der Waals surface area contributed by atoms with Crippen molar-refractivity contribution in [2.24, 2.45) is 0 Å². The molecule has 9 heteroatoms. The predicted octanol–water partition coefficient (Wildman–Crippen LogP) is 4.73. The van der Waals surface area contributed by atoms with E-state index in [1.807, 2.05) is 25.1 Å². The highest BCUT2D eigenvalue weighted by molar-refractivity contribution is 7.20. The summed E-state index contributed by atoms with van der Waals surface area (Å²) in [4.78, 5) is 27.9. The number of nitrogens with one attached hydrogen (secondary N) is 1. The van der Waals surface area contributed by atoms with Crippen molar-refractivity contribution in [2.45, 2.75) is 6.92 Å². The van der Waals surface area contributed by atoms with Crippen LogP contribution in [0.1, 0.15) is 15.2 Å². The van der Waals surface area contributed by atoms with Gasteiger partial charge in [0.15, 0.2) is 0 Å². The zero-order chi connectivity index (χ0) is 23.7. The maximum Gasteiger partial charge on any atom is 0.266 e. The van der Waals surface area contributed by atoms with E-state index in [-0.39, 0.29) is 11.7 Å². The minimum absolute atomic E-state index is 0.237. The number of carbonyl (C=O) groups is 1. The van der Waals surface area contributed by atoms with Gasteiger partial charge in [-0.25, -0.2) is 14.4 Å². The summed E-state index contributed by atoms with van der Waals surface area (Å²) in [5.74, 6) is 1.13. The Balaban J connectivity index is 1.38. The van der Waals surface area contributed by atoms with Crippen LogP contribution in [0.15, 0.2) is 54.9 Å². The van der Waals surface area contributed by atoms with Crippen molar-refractivity contribution < 1.29 is 13.9 Å². The first-order valence-electron chi connectivity index (χ1n) is 11.0. The van der Waals surface area contributed by atoms with Crippen LogP contribution in [0.2, 0.25) is 0 Å². The van der Waals surface area contributed by atoms with E-state index in [2.05, 4.69) is 31.2 Å². The number of thiophene rings is 1. The fraction of sp³-hybridized carbons (Fsp3) is 0.240. The summed E-state index contributed by atoms with van der Waals surface area (Å²) >= 11 is 1.34. The molecule has 0 atom stereocenters. The molecule has 1 saturated heterocycles. The van der Waals surface area contributed by atoms with Crippen LogP contribution in [0.3, 0.4) is 0 Å². The van der Waals surface area contributed by atoms with Gasteiger partial charge < -0.3 is 19.9 Å². The number of aryl methyl sites for hydroxylation is 1. The largest absolute Gasteiger partial charge is 0.495 e. The van der Waals surface area contributed by atoms with Crippen LogP contribution in [0.4, 0.5) is 21.6 Å². The van der Waals surface area contributed by atoms with Crippen LogP contribution >= 0.6 is 11.3 Å². The van der Waals surface area contributed by atoms with Crippen LogP contribution in [0, 0.1) is 12.7 Å². The molecule has 1 aliphatic rings. The van der Waals surface area contributed by atoms with Gasteiger partial charge in [-0.1, -0.05) is 12.1 Å². The van der Waals surface area contributed by atoms with Gasteiger partial charge in [0.2, 0.25) is 0 Å². The molecule has 7 nitrogen and oxygen atoms in total. The Bertz CT molecular complexity index is 1330. The van der Waals surface area contributed by atoms with Crippen LogP contribution in [-0.2, 0) is 0 Å². The third kappa shape index (κ3) is 4.14. The lowest BCUT2D eigenvalue weighted by atomic mass is 10.1. The molecule has 0 saturated carbocycles. The molecule has 4 aromatic rings. The van der Waals surface area contributed by atoms with E-state index in [1.165, 1.54) is 23.5 Å². The van der Waals surface area contributed by atoms with Crippen LogP contribution in [0.25, 0.3) is 10.2 Å². The number of rotatable bonds is 5. The molecule has 174 valence electrons. The molecule has 0 unspecified atom stereocenters. The second-order valence-electron chi connectivity index (χ2n) is 8.04. The van der Waals surface area contributed by atoms with Crippen molar-refractivity contribution in [3.8, 4) is 5.75 Å². The summed E-state index contributed by atoms with van der Waals surface area (Å²) in [5, 5.41) is 3.75. The highest BCUT2D eigenvalue weighted by Gasteiger charge is 2.25. The minimum Gasteiger partial charge on any atom is -0.495 e. The zero-order valence-corrected chi connectivity index (χ0v) is 19.7. The number of nitrogens with zero attached hydrogens (tertiary/aromatic N) is 4. The number of piperazine rings is 1. The van der Waals surface area contributed by atoms with Crippen molar-refractivity contribution in [3.05, 3.63) is 71.1 Å². The average Bonchev–Trinajstić information content (AvgIpc) is 3.22. The number of hydrogen-bond acceptors (Lipinski definition) is 7. The van der Waals surface area contributed by atoms with E-state index in [1.54, 1.807) is 25.6 Å². The van der Waals surface area contributed by atoms with E-state index in [0.717, 1.165) is 59.2 Å². The molecular weight excluding hydrogens is 453 g/mol. The maximum atomic E-state index is 13.2. The quantitative estimate of drug-likeness (QED) is 0.448. The fourth-order valence-electron chi connectivity index (χ4n) is 4.28. The first-order valence-corrected chi connectivity index (χ1v) is 11.8. The first-order chi connectivity index (χ1) is 16.5. The Morgan fingerprint density at radius 2 is 1.74 bits per heavy atom. The summed E-state index contributed by atoms with van der Waals surface area (Å²) < 4.78 is 18.7. The van der Waals surface area contributed by atoms with E-state index in [0.29, 0.717) is 10.6 Å². The first kappa shape index (κ1) is 22.1. The second kappa shape index (κ2) is 9.26. The van der Waals surface area contributed by atoms with Crippen LogP contribution in [0.5, 0.6) is 5.75 Å². The van der Waals surface area contributed by atoms with Gasteiger partial charge in [0.05, 0.1) is 23.1 Å². The summed E-state index contributed by atoms with van der Waals surface area (Å²) in [6.07, 6.45) is 1.56. The number of hydrogen-bond donors (Lipinski definition) is 1. The maximum absolute atomic E-state index is 13.2. The minimum atomic E-state index is -0.346. The normalized spacial score (nSPS) is 13.9. The SMILES string of the molecule is COc1ccccc1N1CCN(c2ncnc3sc(C(=O)Nc4ccc(F)cc4)c(C)c23)CC1. The van der Waals surface area contributed by atoms with Gasteiger partial charge in [0, 0.05) is 31.9 Å². The number of anilines is 3. The van der Waals surface area contributed by atoms with Gasteiger partial charge in [-0.15, -0.1) is 11.3 Å². The van der Waals surface area contributed by atoms with E-state index >= 15 is 0 Å². The number of methoxy groups -OCH3 is 1. The van der Waals surface area contributed by atoms with Crippen molar-refractivity contribution in [2.75, 3.05) is 48.4 Å². The van der Waals surface area contributed by atoms with Gasteiger partial charge >= 0.3 is 0 Å². The molecule has 2 aromatic carbocycles. The lowest BCUT2D eigenvalue weighted by Gasteiger charge is -2.37. The molecule has 5 rings (SSSR count). The van der Waals surface area contributed by atoms with E-state index in [4.69, 9.17) is 4.74 Å². The number of ether oxygens (including phenoxy) is 1. The molecule has 1 amide bonds. The van der Waals surface area contributed by atoms with Gasteiger partial charge in [-0.2, -0.15) is 0 Å². The molecule has 0 spiro atoms. The molecule has 1 fully saturated rings. The summed E-state index contributed by atoms with van der Waals surface area (Å²) in [6.45, 7) is 5.16. The Hall–Kier alpha value is -3.72. The number of amides is 1. The van der Waals surface area contributed by atoms with Crippen molar-refractivity contribution in [1.82, 2.24) is 9.97 Å². The number of para-hydroxylation sites is 2. The van der Waals surface area contributed by atoms with Crippen molar-refractivity contribution in [1.29, 1.82) is 0 Å². The number of halogens is 1. The number of benzene rings is 2. The predicted molar refractivity (Wildman–Crippen MR) is 134 cm³/mol. The van der Waals surface area contributed by atoms with E-state index < -0.39 is 0 Å². The fourth-order valence-corrected chi connectivity index (χ4v) is 5.32. The van der Waals surface area contributed by atoms with Gasteiger partial charge in [-0.3, -0.25) is 4.79 Å². The topological polar surface area (TPSA) is 70.6 Å². The van der Waals surface area contributed by atoms with Crippen LogP contribution in [-0.4, -0.2) is 49.2 Å². The summed E-state index contributed by atoms with van der Waals surface area (Å²) in [6, 6.07) is 13.8. The van der Waals surface area contributed by atoms with Crippen molar-refractivity contribution in [3.63, 3.8) is 0 Å².